The van der Waals surface area contributed by atoms with E-state index in [1.807, 2.05) is 17.0 Å². The lowest BCUT2D eigenvalue weighted by Gasteiger charge is -2.15. The molecule has 0 atom stereocenters. The molecule has 2 aromatic heterocycles. The summed E-state index contributed by atoms with van der Waals surface area (Å²) in [7, 11) is 0. The lowest BCUT2D eigenvalue weighted by atomic mass is 10.0. The molecule has 1 aliphatic heterocycles. The average Bonchev–Trinajstić information content (AvgIpc) is 3.33. The van der Waals surface area contributed by atoms with E-state index in [-0.39, 0.29) is 11.5 Å². The molecular weight excluding hydrogens is 340 g/mol. The van der Waals surface area contributed by atoms with Gasteiger partial charge in [0.15, 0.2) is 0 Å². The molecule has 0 unspecified atom stereocenters. The third kappa shape index (κ3) is 3.39. The number of likely N-dealkylation sites (tertiary alicyclic amines) is 1. The molecule has 27 heavy (non-hydrogen) atoms. The van der Waals surface area contributed by atoms with Gasteiger partial charge in [-0.05, 0) is 49.9 Å². The summed E-state index contributed by atoms with van der Waals surface area (Å²) in [6.45, 7) is 6.22. The summed E-state index contributed by atoms with van der Waals surface area (Å²) in [5.41, 5.74) is 4.61. The highest BCUT2D eigenvalue weighted by atomic mass is 16.2. The molecule has 6 heteroatoms. The van der Waals surface area contributed by atoms with Crippen molar-refractivity contribution in [3.8, 4) is 11.3 Å². The van der Waals surface area contributed by atoms with E-state index in [9.17, 15) is 9.59 Å². The van der Waals surface area contributed by atoms with Crippen molar-refractivity contribution < 1.29 is 4.79 Å². The quantitative estimate of drug-likeness (QED) is 0.715. The number of fused-ring (bicyclic) bond motifs is 1. The molecule has 0 radical (unpaired) electrons. The van der Waals surface area contributed by atoms with Crippen LogP contribution in [0.15, 0.2) is 41.5 Å². The zero-order chi connectivity index (χ0) is 19.0. The van der Waals surface area contributed by atoms with E-state index >= 15 is 0 Å². The lowest BCUT2D eigenvalue weighted by molar-refractivity contribution is -0.130. The zero-order valence-corrected chi connectivity index (χ0v) is 15.8. The molecule has 0 spiro atoms. The number of benzene rings is 1. The Morgan fingerprint density at radius 1 is 1.07 bits per heavy atom. The highest BCUT2D eigenvalue weighted by Gasteiger charge is 2.18. The molecule has 140 valence electrons. The van der Waals surface area contributed by atoms with Crippen molar-refractivity contribution in [2.45, 2.75) is 39.7 Å². The second kappa shape index (κ2) is 7.02. The van der Waals surface area contributed by atoms with Crippen molar-refractivity contribution in [1.29, 1.82) is 0 Å². The maximum atomic E-state index is 12.8. The smallest absolute Gasteiger partial charge is 0.276 e. The van der Waals surface area contributed by atoms with Crippen molar-refractivity contribution in [2.75, 3.05) is 13.1 Å². The molecule has 1 amide bonds. The third-order valence-corrected chi connectivity index (χ3v) is 5.43. The van der Waals surface area contributed by atoms with Gasteiger partial charge in [0.2, 0.25) is 5.91 Å². The maximum Gasteiger partial charge on any atom is 0.276 e. The van der Waals surface area contributed by atoms with Gasteiger partial charge in [-0.15, -0.1) is 0 Å². The summed E-state index contributed by atoms with van der Waals surface area (Å²) in [6, 6.07) is 8.00. The minimum Gasteiger partial charge on any atom is -0.343 e. The van der Waals surface area contributed by atoms with Crippen LogP contribution in [0.1, 0.15) is 30.4 Å². The minimum atomic E-state index is -0.116. The number of aromatic nitrogens is 3. The number of nitrogens with zero attached hydrogens (tertiary/aromatic N) is 4. The second-order valence-corrected chi connectivity index (χ2v) is 7.29. The van der Waals surface area contributed by atoms with Crippen LogP contribution >= 0.6 is 0 Å². The maximum absolute atomic E-state index is 12.8. The summed E-state index contributed by atoms with van der Waals surface area (Å²) in [4.78, 5) is 26.9. The van der Waals surface area contributed by atoms with E-state index in [1.165, 1.54) is 11.1 Å². The van der Waals surface area contributed by atoms with Gasteiger partial charge < -0.3 is 9.47 Å². The predicted molar refractivity (Wildman–Crippen MR) is 105 cm³/mol. The van der Waals surface area contributed by atoms with Gasteiger partial charge in [0, 0.05) is 44.0 Å². The normalized spacial score (nSPS) is 14.2. The fourth-order valence-electron chi connectivity index (χ4n) is 3.58. The van der Waals surface area contributed by atoms with Crippen molar-refractivity contribution in [1.82, 2.24) is 19.1 Å². The van der Waals surface area contributed by atoms with Crippen LogP contribution in [0.25, 0.3) is 16.8 Å². The van der Waals surface area contributed by atoms with Crippen LogP contribution in [0.5, 0.6) is 0 Å². The molecular formula is C21H24N4O2. The Hall–Kier alpha value is -2.89. The van der Waals surface area contributed by atoms with Gasteiger partial charge in [0.25, 0.3) is 5.56 Å². The SMILES string of the molecule is Cc1ccc(-c2cc3c(=O)n(CCC(=O)N4CCCC4)ccn3n2)cc1C. The number of rotatable bonds is 4. The van der Waals surface area contributed by atoms with Crippen LogP contribution in [0, 0.1) is 13.8 Å². The van der Waals surface area contributed by atoms with Crippen LogP contribution in [0.3, 0.4) is 0 Å². The van der Waals surface area contributed by atoms with Crippen molar-refractivity contribution >= 4 is 11.4 Å². The van der Waals surface area contributed by atoms with Crippen LogP contribution < -0.4 is 5.56 Å². The molecule has 3 heterocycles. The minimum absolute atomic E-state index is 0.116. The standard InChI is InChI=1S/C21H24N4O2/c1-15-5-6-17(13-16(15)2)18-14-19-21(27)24(11-12-25(19)22-18)10-7-20(26)23-8-3-4-9-23/h5-6,11-14H,3-4,7-10H2,1-2H3. The predicted octanol–water partition coefficient (Wildman–Crippen LogP) is 2.79. The van der Waals surface area contributed by atoms with Gasteiger partial charge in [-0.2, -0.15) is 5.10 Å². The Morgan fingerprint density at radius 3 is 2.59 bits per heavy atom. The molecule has 4 rings (SSSR count). The topological polar surface area (TPSA) is 59.6 Å². The number of amides is 1. The molecule has 0 aliphatic carbocycles. The molecule has 1 fully saturated rings. The molecule has 0 saturated carbocycles. The number of carbonyl (C=O) groups is 1. The first-order chi connectivity index (χ1) is 13.0. The molecule has 1 aliphatic rings. The summed E-state index contributed by atoms with van der Waals surface area (Å²) in [6.07, 6.45) is 6.00. The van der Waals surface area contributed by atoms with Gasteiger partial charge in [-0.3, -0.25) is 9.59 Å². The molecule has 1 aromatic carbocycles. The fourth-order valence-corrected chi connectivity index (χ4v) is 3.58. The summed E-state index contributed by atoms with van der Waals surface area (Å²) in [5, 5.41) is 4.54. The van der Waals surface area contributed by atoms with Crippen LogP contribution in [-0.2, 0) is 11.3 Å². The largest absolute Gasteiger partial charge is 0.343 e. The fraction of sp³-hybridized carbons (Fsp3) is 0.381. The van der Waals surface area contributed by atoms with E-state index in [0.29, 0.717) is 18.5 Å². The summed E-state index contributed by atoms with van der Waals surface area (Å²) in [5.74, 6) is 0.128. The van der Waals surface area contributed by atoms with Gasteiger partial charge in [0.1, 0.15) is 5.52 Å². The van der Waals surface area contributed by atoms with E-state index in [2.05, 4.69) is 31.1 Å². The van der Waals surface area contributed by atoms with E-state index < -0.39 is 0 Å². The third-order valence-electron chi connectivity index (χ3n) is 5.43. The molecule has 6 nitrogen and oxygen atoms in total. The van der Waals surface area contributed by atoms with Gasteiger partial charge in [0.05, 0.1) is 5.69 Å². The molecule has 1 saturated heterocycles. The highest BCUT2D eigenvalue weighted by molar-refractivity contribution is 5.76. The number of hydrogen-bond acceptors (Lipinski definition) is 3. The van der Waals surface area contributed by atoms with Crippen LogP contribution in [0.4, 0.5) is 0 Å². The van der Waals surface area contributed by atoms with Gasteiger partial charge >= 0.3 is 0 Å². The van der Waals surface area contributed by atoms with Crippen molar-refractivity contribution in [3.63, 3.8) is 0 Å². The average molecular weight is 364 g/mol. The Morgan fingerprint density at radius 2 is 1.85 bits per heavy atom. The molecule has 0 bridgehead atoms. The van der Waals surface area contributed by atoms with E-state index in [4.69, 9.17) is 0 Å². The number of carbonyl (C=O) groups excluding carboxylic acids is 1. The zero-order valence-electron chi connectivity index (χ0n) is 15.8. The Bertz CT molecular complexity index is 1060. The monoisotopic (exact) mass is 364 g/mol. The Balaban J connectivity index is 1.59. The van der Waals surface area contributed by atoms with Crippen LogP contribution in [-0.4, -0.2) is 38.1 Å². The van der Waals surface area contributed by atoms with Gasteiger partial charge in [-0.25, -0.2) is 4.52 Å². The van der Waals surface area contributed by atoms with Gasteiger partial charge in [-0.1, -0.05) is 12.1 Å². The van der Waals surface area contributed by atoms with E-state index in [0.717, 1.165) is 37.2 Å². The summed E-state index contributed by atoms with van der Waals surface area (Å²) < 4.78 is 3.22. The number of aryl methyl sites for hydroxylation is 3. The second-order valence-electron chi connectivity index (χ2n) is 7.29. The summed E-state index contributed by atoms with van der Waals surface area (Å²) >= 11 is 0. The first-order valence-corrected chi connectivity index (χ1v) is 9.47. The number of hydrogen-bond donors (Lipinski definition) is 0. The Kier molecular flexibility index (Phi) is 4.56. The Labute approximate surface area is 158 Å². The van der Waals surface area contributed by atoms with Crippen LogP contribution in [0.2, 0.25) is 0 Å². The first kappa shape index (κ1) is 17.5. The first-order valence-electron chi connectivity index (χ1n) is 9.47. The molecule has 0 N–H and O–H groups in total. The lowest BCUT2D eigenvalue weighted by Crippen LogP contribution is -2.30. The molecule has 3 aromatic rings. The van der Waals surface area contributed by atoms with Crippen molar-refractivity contribution in [2.24, 2.45) is 0 Å². The van der Waals surface area contributed by atoms with Crippen molar-refractivity contribution in [3.05, 3.63) is 58.1 Å². The highest BCUT2D eigenvalue weighted by Crippen LogP contribution is 2.21. The van der Waals surface area contributed by atoms with E-state index in [1.54, 1.807) is 21.5 Å².